The molecule has 3 aromatic rings. The minimum Gasteiger partial charge on any atom is -0.397 e. The number of benzene rings is 3. The second kappa shape index (κ2) is 12.8. The van der Waals surface area contributed by atoms with Gasteiger partial charge in [-0.05, 0) is 48.9 Å². The molecule has 0 heterocycles. The zero-order valence-corrected chi connectivity index (χ0v) is 22.2. The van der Waals surface area contributed by atoms with E-state index in [1.54, 1.807) is 0 Å². The van der Waals surface area contributed by atoms with Crippen molar-refractivity contribution in [2.24, 2.45) is 0 Å². The average molecular weight is 559 g/mol. The molecule has 0 aliphatic carbocycles. The summed E-state index contributed by atoms with van der Waals surface area (Å²) in [6.45, 7) is 1.96. The maximum absolute atomic E-state index is 13.4. The van der Waals surface area contributed by atoms with E-state index in [2.05, 4.69) is 10.6 Å². The zero-order chi connectivity index (χ0) is 28.6. The van der Waals surface area contributed by atoms with E-state index in [1.165, 1.54) is 54.6 Å². The molecule has 5 N–H and O–H groups in total. The van der Waals surface area contributed by atoms with Gasteiger partial charge in [-0.2, -0.15) is 0 Å². The number of sulfonamides is 1. The van der Waals surface area contributed by atoms with Gasteiger partial charge in [-0.1, -0.05) is 31.9 Å². The molecule has 0 unspecified atom stereocenters. The molecule has 0 saturated carbocycles. The number of halogens is 1. The number of hydrogen-bond acceptors (Lipinski definition) is 8. The zero-order valence-electron chi connectivity index (χ0n) is 21.4. The van der Waals surface area contributed by atoms with Gasteiger partial charge in [-0.25, -0.2) is 22.4 Å². The fraction of sp³-hybridized carbons (Fsp3) is 0.231. The number of nitrogens with zero attached hydrogens (tertiary/aromatic N) is 1. The maximum Gasteiger partial charge on any atom is 0.340 e. The number of nitrogens with one attached hydrogen (secondary N) is 3. The van der Waals surface area contributed by atoms with E-state index in [-0.39, 0.29) is 44.6 Å². The normalized spacial score (nSPS) is 10.9. The molecule has 0 atom stereocenters. The lowest BCUT2D eigenvalue weighted by Gasteiger charge is -2.13. The van der Waals surface area contributed by atoms with Crippen molar-refractivity contribution in [2.75, 3.05) is 23.5 Å². The number of amides is 2. The van der Waals surface area contributed by atoms with Crippen LogP contribution < -0.4 is 21.1 Å². The molecule has 0 radical (unpaired) electrons. The minimum atomic E-state index is -4.27. The summed E-state index contributed by atoms with van der Waals surface area (Å²) in [5, 5.41) is 5.41. The van der Waals surface area contributed by atoms with E-state index >= 15 is 0 Å². The predicted molar refractivity (Wildman–Crippen MR) is 145 cm³/mol. The number of carbonyl (C=O) groups excluding carboxylic acids is 2. The summed E-state index contributed by atoms with van der Waals surface area (Å²) in [6, 6.07) is 13.3. The van der Waals surface area contributed by atoms with Crippen molar-refractivity contribution in [3.63, 3.8) is 0 Å². The molecule has 2 amide bonds. The SMILES string of the molecule is CCCCCC(=O)NS(=O)(=O)c1ccccc1NC(=O)c1ccc(Nc2ccc(F)cc2N)c([N+](=O)OC)c1. The molecule has 206 valence electrons. The first kappa shape index (κ1) is 29.0. The van der Waals surface area contributed by atoms with Gasteiger partial charge in [0.15, 0.2) is 7.11 Å². The number of rotatable bonds is 12. The number of unbranched alkanes of at least 4 members (excludes halogenated alkanes) is 2. The van der Waals surface area contributed by atoms with Gasteiger partial charge in [0.25, 0.3) is 20.9 Å². The highest BCUT2D eigenvalue weighted by Gasteiger charge is 2.26. The first-order valence-electron chi connectivity index (χ1n) is 12.0. The molecule has 0 aliphatic heterocycles. The molecule has 0 spiro atoms. The van der Waals surface area contributed by atoms with E-state index < -0.39 is 27.7 Å². The van der Waals surface area contributed by atoms with Crippen molar-refractivity contribution in [1.82, 2.24) is 4.72 Å². The van der Waals surface area contributed by atoms with Crippen LogP contribution in [0.5, 0.6) is 0 Å². The van der Waals surface area contributed by atoms with Gasteiger partial charge in [0.1, 0.15) is 16.4 Å². The van der Waals surface area contributed by atoms with Gasteiger partial charge in [0, 0.05) is 18.1 Å². The summed E-state index contributed by atoms with van der Waals surface area (Å²) < 4.78 is 41.2. The monoisotopic (exact) mass is 558 g/mol. The Morgan fingerprint density at radius 2 is 1.72 bits per heavy atom. The van der Waals surface area contributed by atoms with Crippen molar-refractivity contribution < 1.29 is 32.2 Å². The fourth-order valence-electron chi connectivity index (χ4n) is 3.61. The van der Waals surface area contributed by atoms with Gasteiger partial charge in [0.05, 0.1) is 22.0 Å². The van der Waals surface area contributed by atoms with Gasteiger partial charge >= 0.3 is 5.69 Å². The number of nitrogens with two attached hydrogens (primary N) is 1. The van der Waals surface area contributed by atoms with Crippen LogP contribution in [0.4, 0.5) is 32.8 Å². The first-order valence-corrected chi connectivity index (χ1v) is 13.5. The quantitative estimate of drug-likeness (QED) is 0.141. The molecular weight excluding hydrogens is 529 g/mol. The molecule has 0 aliphatic rings. The molecule has 39 heavy (non-hydrogen) atoms. The lowest BCUT2D eigenvalue weighted by atomic mass is 10.1. The maximum atomic E-state index is 13.4. The van der Waals surface area contributed by atoms with Crippen molar-refractivity contribution in [3.8, 4) is 0 Å². The molecule has 13 heteroatoms. The van der Waals surface area contributed by atoms with E-state index in [9.17, 15) is 27.3 Å². The van der Waals surface area contributed by atoms with Crippen LogP contribution in [-0.4, -0.2) is 32.3 Å². The molecular formula is C26H29FN5O6S+. The van der Waals surface area contributed by atoms with Crippen LogP contribution in [0.25, 0.3) is 0 Å². The second-order valence-electron chi connectivity index (χ2n) is 8.46. The summed E-state index contributed by atoms with van der Waals surface area (Å²) in [5.41, 5.74) is 6.28. The molecule has 0 saturated heterocycles. The Morgan fingerprint density at radius 3 is 2.41 bits per heavy atom. The van der Waals surface area contributed by atoms with Crippen molar-refractivity contribution >= 4 is 50.3 Å². The van der Waals surface area contributed by atoms with E-state index in [0.29, 0.717) is 12.1 Å². The van der Waals surface area contributed by atoms with Crippen molar-refractivity contribution in [3.05, 3.63) is 77.0 Å². The second-order valence-corrected chi connectivity index (χ2v) is 10.1. The highest BCUT2D eigenvalue weighted by Crippen LogP contribution is 2.32. The molecule has 0 fully saturated rings. The summed E-state index contributed by atoms with van der Waals surface area (Å²) in [7, 11) is -3.14. The van der Waals surface area contributed by atoms with E-state index in [1.807, 2.05) is 11.6 Å². The summed E-state index contributed by atoms with van der Waals surface area (Å²) in [5.74, 6) is -1.91. The van der Waals surface area contributed by atoms with Crippen molar-refractivity contribution in [1.29, 1.82) is 0 Å². The van der Waals surface area contributed by atoms with E-state index in [0.717, 1.165) is 26.0 Å². The van der Waals surface area contributed by atoms with Crippen LogP contribution >= 0.6 is 0 Å². The number of hydrogen-bond donors (Lipinski definition) is 4. The van der Waals surface area contributed by atoms with Crippen LogP contribution in [0.15, 0.2) is 65.6 Å². The van der Waals surface area contributed by atoms with Crippen LogP contribution in [0.2, 0.25) is 0 Å². The molecule has 0 aromatic heterocycles. The molecule has 3 aromatic carbocycles. The van der Waals surface area contributed by atoms with Gasteiger partial charge in [-0.15, -0.1) is 0 Å². The molecule has 0 bridgehead atoms. The summed E-state index contributed by atoms with van der Waals surface area (Å²) >= 11 is 0. The van der Waals surface area contributed by atoms with Crippen LogP contribution in [0.1, 0.15) is 43.0 Å². The number of nitrogen functional groups attached to an aromatic ring is 1. The third kappa shape index (κ3) is 7.51. The Bertz CT molecular complexity index is 1500. The van der Waals surface area contributed by atoms with Crippen molar-refractivity contribution in [2.45, 2.75) is 37.5 Å². The van der Waals surface area contributed by atoms with Crippen LogP contribution in [0.3, 0.4) is 0 Å². The fourth-order valence-corrected chi connectivity index (χ4v) is 4.79. The summed E-state index contributed by atoms with van der Waals surface area (Å²) in [6.07, 6.45) is 2.27. The van der Waals surface area contributed by atoms with Crippen LogP contribution in [-0.2, 0) is 19.7 Å². The third-order valence-electron chi connectivity index (χ3n) is 5.59. The Kier molecular flexibility index (Phi) is 9.55. The Labute approximate surface area is 225 Å². The smallest absolute Gasteiger partial charge is 0.340 e. The van der Waals surface area contributed by atoms with Gasteiger partial charge in [-0.3, -0.25) is 9.59 Å². The largest absolute Gasteiger partial charge is 0.397 e. The molecule has 3 rings (SSSR count). The van der Waals surface area contributed by atoms with E-state index in [4.69, 9.17) is 10.6 Å². The Morgan fingerprint density at radius 1 is 1.00 bits per heavy atom. The highest BCUT2D eigenvalue weighted by molar-refractivity contribution is 7.90. The Balaban J connectivity index is 1.86. The third-order valence-corrected chi connectivity index (χ3v) is 7.02. The molecule has 11 nitrogen and oxygen atoms in total. The van der Waals surface area contributed by atoms with Crippen LogP contribution in [0, 0.1) is 10.7 Å². The number of carbonyl (C=O) groups is 2. The number of anilines is 4. The van der Waals surface area contributed by atoms with Gasteiger partial charge in [0.2, 0.25) is 5.91 Å². The number of para-hydroxylation sites is 1. The van der Waals surface area contributed by atoms with Gasteiger partial charge < -0.3 is 16.4 Å². The predicted octanol–water partition coefficient (Wildman–Crippen LogP) is 4.76. The topological polar surface area (TPSA) is 160 Å². The standard InChI is InChI=1S/C26H28FN5O6S/c1-3-4-5-10-25(33)31-39(36,37)24-9-7-6-8-22(24)30-26(34)17-11-13-21(23(15-17)32(35)38-2)29-20-14-12-18(27)16-19(20)28/h6-9,11-16H,3-5,10,28H2,1-2H3,(H2-,29,30,31,33,34,35)/p+1. The first-order chi connectivity index (χ1) is 18.6. The lowest BCUT2D eigenvalue weighted by molar-refractivity contribution is -0.736. The average Bonchev–Trinajstić information content (AvgIpc) is 2.90. The summed E-state index contributed by atoms with van der Waals surface area (Å²) in [4.78, 5) is 42.2. The Hall–Kier alpha value is -4.52. The lowest BCUT2D eigenvalue weighted by Crippen LogP contribution is -2.31. The highest BCUT2D eigenvalue weighted by atomic mass is 32.2. The minimum absolute atomic E-state index is 0.00340.